The van der Waals surface area contributed by atoms with E-state index < -0.39 is 32.5 Å². The van der Waals surface area contributed by atoms with Gasteiger partial charge in [0.15, 0.2) is 8.32 Å². The number of halogens is 1. The van der Waals surface area contributed by atoms with Crippen molar-refractivity contribution >= 4 is 36.8 Å². The number of aliphatic hydroxyl groups is 1. The van der Waals surface area contributed by atoms with E-state index in [2.05, 4.69) is 75.6 Å². The molecular formula is C29H49IN2O5Si. The summed E-state index contributed by atoms with van der Waals surface area (Å²) in [4.78, 5) is 20.4. The summed E-state index contributed by atoms with van der Waals surface area (Å²) in [6.45, 7) is 17.7. The fraction of sp³-hybridized carbons (Fsp3) is 0.759. The van der Waals surface area contributed by atoms with E-state index in [-0.39, 0.29) is 29.3 Å². The van der Waals surface area contributed by atoms with E-state index in [0.29, 0.717) is 24.0 Å². The van der Waals surface area contributed by atoms with Gasteiger partial charge in [0.2, 0.25) is 5.91 Å². The van der Waals surface area contributed by atoms with E-state index in [0.717, 1.165) is 22.8 Å². The Labute approximate surface area is 244 Å². The number of carbonyl (C=O) groups excluding carboxylic acids is 1. The van der Waals surface area contributed by atoms with Crippen molar-refractivity contribution in [3.05, 3.63) is 27.3 Å². The number of hydrogen-bond acceptors (Lipinski definition) is 6. The van der Waals surface area contributed by atoms with Gasteiger partial charge in [0.25, 0.3) is 0 Å². The third kappa shape index (κ3) is 7.31. The van der Waals surface area contributed by atoms with E-state index in [1.165, 1.54) is 6.42 Å². The zero-order valence-corrected chi connectivity index (χ0v) is 27.6. The number of para-hydroxylation sites is 1. The van der Waals surface area contributed by atoms with E-state index in [1.807, 2.05) is 18.2 Å². The van der Waals surface area contributed by atoms with Crippen LogP contribution in [0.25, 0.3) is 0 Å². The lowest BCUT2D eigenvalue weighted by atomic mass is 9.78. The van der Waals surface area contributed by atoms with Crippen LogP contribution in [-0.2, 0) is 20.6 Å². The highest BCUT2D eigenvalue weighted by molar-refractivity contribution is 14.1. The Morgan fingerprint density at radius 1 is 1.32 bits per heavy atom. The highest BCUT2D eigenvalue weighted by Gasteiger charge is 2.51. The maximum Gasteiger partial charge on any atom is 0.240 e. The summed E-state index contributed by atoms with van der Waals surface area (Å²) >= 11 is 2.10. The van der Waals surface area contributed by atoms with Gasteiger partial charge in [0.05, 0.1) is 22.8 Å². The Kier molecular flexibility index (Phi) is 10.8. The Balaban J connectivity index is 1.89. The van der Waals surface area contributed by atoms with Crippen LogP contribution in [0, 0.1) is 21.3 Å². The minimum absolute atomic E-state index is 0.0296. The molecule has 2 fully saturated rings. The summed E-state index contributed by atoms with van der Waals surface area (Å²) in [5.41, 5.74) is 0.682. The molecule has 7 nitrogen and oxygen atoms in total. The number of phenols is 1. The summed E-state index contributed by atoms with van der Waals surface area (Å²) in [5.74, 6) is 0.626. The van der Waals surface area contributed by atoms with Gasteiger partial charge < -0.3 is 20.0 Å². The average molecular weight is 661 g/mol. The number of rotatable bonds is 9. The highest BCUT2D eigenvalue weighted by atomic mass is 127. The van der Waals surface area contributed by atoms with Crippen molar-refractivity contribution in [3.63, 3.8) is 0 Å². The van der Waals surface area contributed by atoms with Crippen LogP contribution in [0.15, 0.2) is 18.2 Å². The van der Waals surface area contributed by atoms with Gasteiger partial charge in [-0.05, 0) is 78.4 Å². The lowest BCUT2D eigenvalue weighted by Crippen LogP contribution is -2.53. The Morgan fingerprint density at radius 3 is 2.61 bits per heavy atom. The van der Waals surface area contributed by atoms with Crippen molar-refractivity contribution in [1.82, 2.24) is 10.4 Å². The van der Waals surface area contributed by atoms with Crippen LogP contribution in [0.5, 0.6) is 5.75 Å². The summed E-state index contributed by atoms with van der Waals surface area (Å²) in [5, 5.41) is 26.7. The molecule has 3 rings (SSSR count). The summed E-state index contributed by atoms with van der Waals surface area (Å²) in [6, 6.07) is 4.99. The summed E-state index contributed by atoms with van der Waals surface area (Å²) < 4.78 is 7.26. The quantitative estimate of drug-likeness (QED) is 0.228. The summed E-state index contributed by atoms with van der Waals surface area (Å²) in [6.07, 6.45) is 3.15. The SMILES string of the molecule is CC[C@@H]1CC[C@H](C)[C@@H](NC(=O)[C@@H]2[C@H]([C@H](C)O)[C@H](CO[Si](C)(C)C(C)(C)C)ON2Cc2cccc(I)c2O)C1. The van der Waals surface area contributed by atoms with Crippen molar-refractivity contribution in [1.29, 1.82) is 0 Å². The Bertz CT molecular complexity index is 953. The molecule has 1 aliphatic heterocycles. The normalized spacial score (nSPS) is 29.8. The molecule has 1 saturated heterocycles. The van der Waals surface area contributed by atoms with Crippen LogP contribution in [0.2, 0.25) is 18.1 Å². The molecule has 9 heteroatoms. The highest BCUT2D eigenvalue weighted by Crippen LogP contribution is 2.40. The van der Waals surface area contributed by atoms with Gasteiger partial charge in [-0.1, -0.05) is 59.6 Å². The number of nitrogens with zero attached hydrogens (tertiary/aromatic N) is 1. The lowest BCUT2D eigenvalue weighted by molar-refractivity contribution is -0.181. The third-order valence-electron chi connectivity index (χ3n) is 9.22. The molecule has 1 saturated carbocycles. The molecule has 1 heterocycles. The first kappa shape index (κ1) is 31.8. The number of carbonyl (C=O) groups is 1. The molecule has 0 spiro atoms. The Morgan fingerprint density at radius 2 is 2.00 bits per heavy atom. The van der Waals surface area contributed by atoms with Crippen molar-refractivity contribution in [2.45, 2.75) is 116 Å². The van der Waals surface area contributed by atoms with Gasteiger partial charge in [0.1, 0.15) is 17.9 Å². The van der Waals surface area contributed by atoms with E-state index in [9.17, 15) is 15.0 Å². The lowest BCUT2D eigenvalue weighted by Gasteiger charge is -2.37. The molecule has 38 heavy (non-hydrogen) atoms. The molecule has 3 N–H and O–H groups in total. The molecular weight excluding hydrogens is 611 g/mol. The minimum Gasteiger partial charge on any atom is -0.507 e. The maximum atomic E-state index is 14.0. The molecule has 1 amide bonds. The second-order valence-corrected chi connectivity index (χ2v) is 19.0. The third-order valence-corrected chi connectivity index (χ3v) is 14.6. The molecule has 1 aliphatic carbocycles. The first-order valence-electron chi connectivity index (χ1n) is 14.2. The van der Waals surface area contributed by atoms with Crippen molar-refractivity contribution in [2.75, 3.05) is 6.61 Å². The van der Waals surface area contributed by atoms with Crippen LogP contribution in [0.3, 0.4) is 0 Å². The zero-order chi connectivity index (χ0) is 28.4. The van der Waals surface area contributed by atoms with E-state index >= 15 is 0 Å². The number of aromatic hydroxyl groups is 1. The molecule has 1 aromatic carbocycles. The predicted octanol–water partition coefficient (Wildman–Crippen LogP) is 5.83. The number of aliphatic hydroxyl groups excluding tert-OH is 1. The molecule has 1 aromatic rings. The van der Waals surface area contributed by atoms with Gasteiger partial charge in [-0.3, -0.25) is 9.63 Å². The fourth-order valence-corrected chi connectivity index (χ4v) is 7.04. The second-order valence-electron chi connectivity index (χ2n) is 13.0. The number of hydrogen-bond donors (Lipinski definition) is 3. The van der Waals surface area contributed by atoms with Gasteiger partial charge in [-0.2, -0.15) is 5.06 Å². The Hall–Kier alpha value is -0.723. The smallest absolute Gasteiger partial charge is 0.240 e. The number of hydroxylamine groups is 2. The van der Waals surface area contributed by atoms with Crippen LogP contribution in [0.4, 0.5) is 0 Å². The van der Waals surface area contributed by atoms with Crippen molar-refractivity contribution in [3.8, 4) is 5.75 Å². The molecule has 0 bridgehead atoms. The number of amides is 1. The minimum atomic E-state index is -2.08. The number of nitrogens with one attached hydrogen (secondary N) is 1. The first-order chi connectivity index (χ1) is 17.7. The predicted molar refractivity (Wildman–Crippen MR) is 162 cm³/mol. The number of phenolic OH excluding ortho intramolecular Hbond substituents is 1. The molecule has 2 aliphatic rings. The van der Waals surface area contributed by atoms with Gasteiger partial charge >= 0.3 is 0 Å². The van der Waals surface area contributed by atoms with E-state index in [1.54, 1.807) is 12.0 Å². The fourth-order valence-electron chi connectivity index (χ4n) is 5.47. The molecule has 7 atom stereocenters. The maximum absolute atomic E-state index is 14.0. The van der Waals surface area contributed by atoms with Crippen molar-refractivity contribution < 1.29 is 24.3 Å². The van der Waals surface area contributed by atoms with Crippen molar-refractivity contribution in [2.24, 2.45) is 17.8 Å². The van der Waals surface area contributed by atoms with Gasteiger partial charge in [0, 0.05) is 17.5 Å². The standard InChI is InChI=1S/C29H49IN2O5Si/c1-9-20-14-13-18(2)23(15-20)31-28(35)26-25(19(3)33)24(17-36-38(7,8)29(4,5)6)37-32(26)16-21-11-10-12-22(30)27(21)34/h10-12,18-20,23-26,33-34H,9,13-17H2,1-8H3,(H,31,35)/t18-,19-,20+,23-,24-,25+,26-/m0/s1. The average Bonchev–Trinajstić information content (AvgIpc) is 3.20. The van der Waals surface area contributed by atoms with Crippen LogP contribution in [0.1, 0.15) is 72.8 Å². The number of benzene rings is 1. The zero-order valence-electron chi connectivity index (χ0n) is 24.5. The van der Waals surface area contributed by atoms with Crippen LogP contribution >= 0.6 is 22.6 Å². The largest absolute Gasteiger partial charge is 0.507 e. The summed E-state index contributed by atoms with van der Waals surface area (Å²) in [7, 11) is -2.08. The topological polar surface area (TPSA) is 91.3 Å². The van der Waals surface area contributed by atoms with Gasteiger partial charge in [-0.25, -0.2) is 0 Å². The van der Waals surface area contributed by atoms with E-state index in [4.69, 9.17) is 9.26 Å². The first-order valence-corrected chi connectivity index (χ1v) is 18.2. The second kappa shape index (κ2) is 12.8. The monoisotopic (exact) mass is 660 g/mol. The molecule has 216 valence electrons. The molecule has 0 unspecified atom stereocenters. The van der Waals surface area contributed by atoms with Crippen LogP contribution < -0.4 is 5.32 Å². The molecule has 0 radical (unpaired) electrons. The van der Waals surface area contributed by atoms with Gasteiger partial charge in [-0.15, -0.1) is 0 Å². The van der Waals surface area contributed by atoms with Crippen LogP contribution in [-0.4, -0.2) is 60.4 Å². The molecule has 0 aromatic heterocycles.